The molecule has 1 aliphatic carbocycles. The minimum absolute atomic E-state index is 0.0395. The van der Waals surface area contributed by atoms with E-state index >= 15 is 0 Å². The fourth-order valence-electron chi connectivity index (χ4n) is 3.66. The molecule has 1 fully saturated rings. The minimum atomic E-state index is -0.0395. The molecule has 1 saturated carbocycles. The molecule has 1 aromatic rings. The summed E-state index contributed by atoms with van der Waals surface area (Å²) < 4.78 is 5.62. The third-order valence-corrected chi connectivity index (χ3v) is 5.47. The van der Waals surface area contributed by atoms with Crippen molar-refractivity contribution in [3.05, 3.63) is 30.3 Å². The van der Waals surface area contributed by atoms with Crippen molar-refractivity contribution < 1.29 is 9.53 Å². The molecule has 2 N–H and O–H groups in total. The first-order valence-corrected chi connectivity index (χ1v) is 11.4. The van der Waals surface area contributed by atoms with Gasteiger partial charge in [-0.1, -0.05) is 76.0 Å². The van der Waals surface area contributed by atoms with Crippen LogP contribution in [0, 0.1) is 0 Å². The summed E-state index contributed by atoms with van der Waals surface area (Å²) in [6, 6.07) is 10.1. The highest BCUT2D eigenvalue weighted by atomic mass is 32.1. The van der Waals surface area contributed by atoms with E-state index in [0.717, 1.165) is 18.6 Å². The molecule has 0 saturated heterocycles. The van der Waals surface area contributed by atoms with E-state index in [4.69, 9.17) is 17.0 Å². The molecule has 0 aromatic heterocycles. The number of amides is 1. The summed E-state index contributed by atoms with van der Waals surface area (Å²) in [5.74, 6) is 0.796. The van der Waals surface area contributed by atoms with Crippen molar-refractivity contribution in [2.45, 2.75) is 89.5 Å². The first-order chi connectivity index (χ1) is 13.7. The molecule has 0 spiro atoms. The summed E-state index contributed by atoms with van der Waals surface area (Å²) >= 11 is 5.38. The maximum absolute atomic E-state index is 12.1. The van der Waals surface area contributed by atoms with E-state index < -0.39 is 0 Å². The first kappa shape index (κ1) is 22.7. The van der Waals surface area contributed by atoms with Crippen LogP contribution in [-0.4, -0.2) is 23.7 Å². The molecule has 4 nitrogen and oxygen atoms in total. The van der Waals surface area contributed by atoms with Gasteiger partial charge in [-0.2, -0.15) is 0 Å². The number of carbonyl (C=O) groups is 1. The molecule has 28 heavy (non-hydrogen) atoms. The topological polar surface area (TPSA) is 50.4 Å². The van der Waals surface area contributed by atoms with Crippen molar-refractivity contribution in [2.24, 2.45) is 0 Å². The van der Waals surface area contributed by atoms with Gasteiger partial charge in [0.05, 0.1) is 6.61 Å². The maximum atomic E-state index is 12.1. The average Bonchev–Trinajstić information content (AvgIpc) is 2.68. The molecule has 0 bridgehead atoms. The Labute approximate surface area is 175 Å². The van der Waals surface area contributed by atoms with Crippen LogP contribution < -0.4 is 15.4 Å². The summed E-state index contributed by atoms with van der Waals surface area (Å²) in [5, 5.41) is 6.70. The minimum Gasteiger partial charge on any atom is -0.494 e. The smallest absolute Gasteiger partial charge is 0.226 e. The zero-order valence-corrected chi connectivity index (χ0v) is 17.9. The summed E-state index contributed by atoms with van der Waals surface area (Å²) in [6.45, 7) is 0.528. The predicted molar refractivity (Wildman–Crippen MR) is 120 cm³/mol. The average molecular weight is 405 g/mol. The number of para-hydroxylation sites is 1. The molecule has 5 heteroatoms. The lowest BCUT2D eigenvalue weighted by atomic mass is 9.98. The second-order valence-corrected chi connectivity index (χ2v) is 8.15. The number of rotatable bonds is 6. The van der Waals surface area contributed by atoms with Gasteiger partial charge in [-0.3, -0.25) is 4.79 Å². The molecule has 0 unspecified atom stereocenters. The number of benzene rings is 1. The number of nitrogens with one attached hydrogen (secondary N) is 2. The zero-order chi connectivity index (χ0) is 19.9. The lowest BCUT2D eigenvalue weighted by Crippen LogP contribution is -2.44. The van der Waals surface area contributed by atoms with Crippen molar-refractivity contribution in [1.29, 1.82) is 0 Å². The molecule has 0 aliphatic heterocycles. The Morgan fingerprint density at radius 1 is 0.929 bits per heavy atom. The molecular weight excluding hydrogens is 368 g/mol. The number of carbonyl (C=O) groups excluding carboxylic acids is 1. The lowest BCUT2D eigenvalue weighted by molar-refractivity contribution is -0.119. The van der Waals surface area contributed by atoms with E-state index in [-0.39, 0.29) is 5.91 Å². The van der Waals surface area contributed by atoms with Gasteiger partial charge in [-0.25, -0.2) is 0 Å². The fraction of sp³-hybridized carbons (Fsp3) is 0.652. The molecule has 1 amide bonds. The Balaban J connectivity index is 1.62. The Bertz CT molecular complexity index is 553. The SMILES string of the molecule is O=C(CCCOc1ccccc1)NC(=S)NC1CCCCCCCCCCC1. The molecule has 2 rings (SSSR count). The van der Waals surface area contributed by atoms with Crippen LogP contribution in [0.25, 0.3) is 0 Å². The van der Waals surface area contributed by atoms with E-state index in [1.807, 2.05) is 30.3 Å². The highest BCUT2D eigenvalue weighted by molar-refractivity contribution is 7.80. The highest BCUT2D eigenvalue weighted by Crippen LogP contribution is 2.17. The van der Waals surface area contributed by atoms with Crippen molar-refractivity contribution in [3.63, 3.8) is 0 Å². The number of hydrogen-bond acceptors (Lipinski definition) is 3. The predicted octanol–water partition coefficient (Wildman–Crippen LogP) is 5.51. The molecule has 1 aliphatic rings. The van der Waals surface area contributed by atoms with Crippen LogP contribution in [0.3, 0.4) is 0 Å². The van der Waals surface area contributed by atoms with Gasteiger partial charge in [0, 0.05) is 12.5 Å². The monoisotopic (exact) mass is 404 g/mol. The molecule has 0 radical (unpaired) electrons. The van der Waals surface area contributed by atoms with Gasteiger partial charge in [-0.05, 0) is 43.6 Å². The standard InChI is InChI=1S/C23H36N2O2S/c26-22(18-13-19-27-21-16-11-8-12-17-21)25-23(28)24-20-14-9-6-4-2-1-3-5-7-10-15-20/h8,11-12,16-17,20H,1-7,9-10,13-15,18-19H2,(H2,24,25,26,28). The van der Waals surface area contributed by atoms with E-state index in [1.165, 1.54) is 57.8 Å². The van der Waals surface area contributed by atoms with E-state index in [1.54, 1.807) is 0 Å². The van der Waals surface area contributed by atoms with Crippen LogP contribution >= 0.6 is 12.2 Å². The molecular formula is C23H36N2O2S. The summed E-state index contributed by atoms with van der Waals surface area (Å²) in [6.07, 6.45) is 15.3. The van der Waals surface area contributed by atoms with Gasteiger partial charge in [0.2, 0.25) is 5.91 Å². The Hall–Kier alpha value is -1.62. The van der Waals surface area contributed by atoms with Crippen LogP contribution in [0.15, 0.2) is 30.3 Å². The molecule has 1 aromatic carbocycles. The summed E-state index contributed by atoms with van der Waals surface area (Å²) in [5.41, 5.74) is 0. The largest absolute Gasteiger partial charge is 0.494 e. The lowest BCUT2D eigenvalue weighted by Gasteiger charge is -2.21. The van der Waals surface area contributed by atoms with Gasteiger partial charge >= 0.3 is 0 Å². The second kappa shape index (κ2) is 14.4. The second-order valence-electron chi connectivity index (χ2n) is 7.74. The van der Waals surface area contributed by atoms with Crippen molar-refractivity contribution in [3.8, 4) is 5.75 Å². The van der Waals surface area contributed by atoms with Gasteiger partial charge in [0.15, 0.2) is 5.11 Å². The van der Waals surface area contributed by atoms with Crippen LogP contribution in [0.4, 0.5) is 0 Å². The number of thiocarbonyl (C=S) groups is 1. The molecule has 0 heterocycles. The quantitative estimate of drug-likeness (QED) is 0.485. The van der Waals surface area contributed by atoms with Crippen molar-refractivity contribution in [1.82, 2.24) is 10.6 Å². The number of hydrogen-bond donors (Lipinski definition) is 2. The Kier molecular flexibility index (Phi) is 11.6. The molecule has 0 atom stereocenters. The van der Waals surface area contributed by atoms with Gasteiger partial charge in [0.25, 0.3) is 0 Å². The number of ether oxygens (including phenoxy) is 1. The maximum Gasteiger partial charge on any atom is 0.226 e. The fourth-order valence-corrected chi connectivity index (χ4v) is 3.94. The van der Waals surface area contributed by atoms with Crippen molar-refractivity contribution in [2.75, 3.05) is 6.61 Å². The van der Waals surface area contributed by atoms with Crippen LogP contribution in [0.5, 0.6) is 5.75 Å². The van der Waals surface area contributed by atoms with Crippen molar-refractivity contribution >= 4 is 23.2 Å². The van der Waals surface area contributed by atoms with E-state index in [0.29, 0.717) is 30.6 Å². The third kappa shape index (κ3) is 10.6. The Morgan fingerprint density at radius 2 is 1.50 bits per heavy atom. The highest BCUT2D eigenvalue weighted by Gasteiger charge is 2.12. The van der Waals surface area contributed by atoms with E-state index in [9.17, 15) is 4.79 Å². The van der Waals surface area contributed by atoms with Crippen LogP contribution in [0.2, 0.25) is 0 Å². The van der Waals surface area contributed by atoms with Crippen LogP contribution in [-0.2, 0) is 4.79 Å². The summed E-state index contributed by atoms with van der Waals surface area (Å²) in [7, 11) is 0. The molecule has 156 valence electrons. The van der Waals surface area contributed by atoms with Gasteiger partial charge < -0.3 is 15.4 Å². The normalized spacial score (nSPS) is 17.0. The van der Waals surface area contributed by atoms with Gasteiger partial charge in [-0.15, -0.1) is 0 Å². The van der Waals surface area contributed by atoms with E-state index in [2.05, 4.69) is 10.6 Å². The van der Waals surface area contributed by atoms with Gasteiger partial charge in [0.1, 0.15) is 5.75 Å². The third-order valence-electron chi connectivity index (χ3n) is 5.25. The van der Waals surface area contributed by atoms with Crippen LogP contribution in [0.1, 0.15) is 83.5 Å². The first-order valence-electron chi connectivity index (χ1n) is 11.0. The Morgan fingerprint density at radius 3 is 2.11 bits per heavy atom. The zero-order valence-electron chi connectivity index (χ0n) is 17.1. The summed E-state index contributed by atoms with van der Waals surface area (Å²) in [4.78, 5) is 12.1.